The molecule has 1 fully saturated rings. The SMILES string of the molecule is Cc1cc(C)n(CCCNC2CC(C)N(C)C2)n1. The van der Waals surface area contributed by atoms with Crippen LogP contribution < -0.4 is 5.32 Å². The second-order valence-corrected chi connectivity index (χ2v) is 5.68. The first-order chi connectivity index (χ1) is 8.56. The molecule has 4 nitrogen and oxygen atoms in total. The van der Waals surface area contributed by atoms with Gasteiger partial charge in [0.1, 0.15) is 0 Å². The van der Waals surface area contributed by atoms with E-state index < -0.39 is 0 Å². The molecule has 1 aliphatic heterocycles. The zero-order chi connectivity index (χ0) is 13.1. The van der Waals surface area contributed by atoms with Crippen LogP contribution in [-0.4, -0.2) is 46.9 Å². The first-order valence-corrected chi connectivity index (χ1v) is 7.01. The summed E-state index contributed by atoms with van der Waals surface area (Å²) in [5.74, 6) is 0. The monoisotopic (exact) mass is 250 g/mol. The lowest BCUT2D eigenvalue weighted by Crippen LogP contribution is -2.32. The molecular formula is C14H26N4. The molecule has 1 saturated heterocycles. The van der Waals surface area contributed by atoms with Crippen molar-refractivity contribution >= 4 is 0 Å². The standard InChI is InChI=1S/C14H26N4/c1-11-8-13(3)18(16-11)7-5-6-15-14-9-12(2)17(4)10-14/h8,12,14-15H,5-7,9-10H2,1-4H3. The Morgan fingerprint density at radius 3 is 2.78 bits per heavy atom. The summed E-state index contributed by atoms with van der Waals surface area (Å²) < 4.78 is 2.11. The quantitative estimate of drug-likeness (QED) is 0.805. The molecule has 0 aromatic carbocycles. The fraction of sp³-hybridized carbons (Fsp3) is 0.786. The third kappa shape index (κ3) is 3.33. The van der Waals surface area contributed by atoms with Crippen molar-refractivity contribution in [1.82, 2.24) is 20.0 Å². The van der Waals surface area contributed by atoms with Crippen LogP contribution >= 0.6 is 0 Å². The summed E-state index contributed by atoms with van der Waals surface area (Å²) in [5.41, 5.74) is 2.38. The number of rotatable bonds is 5. The normalized spacial score (nSPS) is 24.9. The Balaban J connectivity index is 1.66. The Bertz CT molecular complexity index is 375. The lowest BCUT2D eigenvalue weighted by Gasteiger charge is -2.13. The summed E-state index contributed by atoms with van der Waals surface area (Å²) >= 11 is 0. The highest BCUT2D eigenvalue weighted by atomic mass is 15.3. The van der Waals surface area contributed by atoms with E-state index in [0.717, 1.165) is 31.2 Å². The zero-order valence-electron chi connectivity index (χ0n) is 12.1. The molecule has 0 spiro atoms. The zero-order valence-corrected chi connectivity index (χ0v) is 12.1. The first-order valence-electron chi connectivity index (χ1n) is 7.01. The number of hydrogen-bond donors (Lipinski definition) is 1. The van der Waals surface area contributed by atoms with Gasteiger partial charge < -0.3 is 10.2 Å². The Labute approximate surface area is 110 Å². The van der Waals surface area contributed by atoms with E-state index in [-0.39, 0.29) is 0 Å². The maximum atomic E-state index is 4.48. The minimum absolute atomic E-state index is 0.672. The highest BCUT2D eigenvalue weighted by molar-refractivity contribution is 5.06. The number of aromatic nitrogens is 2. The van der Waals surface area contributed by atoms with Gasteiger partial charge in [0.2, 0.25) is 0 Å². The lowest BCUT2D eigenvalue weighted by molar-refractivity contribution is 0.326. The number of hydrogen-bond acceptors (Lipinski definition) is 3. The van der Waals surface area contributed by atoms with Crippen LogP contribution in [0, 0.1) is 13.8 Å². The van der Waals surface area contributed by atoms with Crippen LogP contribution in [0.25, 0.3) is 0 Å². The van der Waals surface area contributed by atoms with Crippen molar-refractivity contribution in [2.75, 3.05) is 20.1 Å². The molecule has 1 aromatic rings. The average Bonchev–Trinajstić information content (AvgIpc) is 2.78. The van der Waals surface area contributed by atoms with E-state index in [1.807, 2.05) is 0 Å². The highest BCUT2D eigenvalue weighted by Crippen LogP contribution is 2.14. The molecule has 0 aliphatic carbocycles. The van der Waals surface area contributed by atoms with Gasteiger partial charge in [-0.15, -0.1) is 0 Å². The van der Waals surface area contributed by atoms with Crippen molar-refractivity contribution in [2.24, 2.45) is 0 Å². The van der Waals surface area contributed by atoms with Crippen molar-refractivity contribution in [3.8, 4) is 0 Å². The Morgan fingerprint density at radius 1 is 1.44 bits per heavy atom. The van der Waals surface area contributed by atoms with Crippen molar-refractivity contribution in [2.45, 2.75) is 52.2 Å². The van der Waals surface area contributed by atoms with Gasteiger partial charge in [0.15, 0.2) is 0 Å². The molecule has 102 valence electrons. The summed E-state index contributed by atoms with van der Waals surface area (Å²) in [6, 6.07) is 3.53. The van der Waals surface area contributed by atoms with Gasteiger partial charge in [-0.25, -0.2) is 0 Å². The molecule has 2 unspecified atom stereocenters. The maximum absolute atomic E-state index is 4.48. The van der Waals surface area contributed by atoms with E-state index >= 15 is 0 Å². The molecule has 1 aromatic heterocycles. The predicted octanol–water partition coefficient (Wildman–Crippen LogP) is 1.57. The summed E-state index contributed by atoms with van der Waals surface area (Å²) in [5, 5.41) is 8.14. The van der Waals surface area contributed by atoms with E-state index in [0.29, 0.717) is 6.04 Å². The van der Waals surface area contributed by atoms with Gasteiger partial charge in [0, 0.05) is 30.9 Å². The van der Waals surface area contributed by atoms with E-state index in [4.69, 9.17) is 0 Å². The Kier molecular flexibility index (Phi) is 4.40. The first kappa shape index (κ1) is 13.6. The molecule has 18 heavy (non-hydrogen) atoms. The van der Waals surface area contributed by atoms with Crippen LogP contribution in [0.5, 0.6) is 0 Å². The topological polar surface area (TPSA) is 33.1 Å². The third-order valence-electron chi connectivity index (χ3n) is 3.97. The number of likely N-dealkylation sites (N-methyl/N-ethyl adjacent to an activating group) is 1. The molecule has 2 heterocycles. The number of likely N-dealkylation sites (tertiary alicyclic amines) is 1. The van der Waals surface area contributed by atoms with E-state index in [9.17, 15) is 0 Å². The third-order valence-corrected chi connectivity index (χ3v) is 3.97. The van der Waals surface area contributed by atoms with Gasteiger partial charge in [0.05, 0.1) is 5.69 Å². The predicted molar refractivity (Wildman–Crippen MR) is 74.8 cm³/mol. The van der Waals surface area contributed by atoms with Gasteiger partial charge in [0.25, 0.3) is 0 Å². The minimum Gasteiger partial charge on any atom is -0.313 e. The highest BCUT2D eigenvalue weighted by Gasteiger charge is 2.25. The molecule has 4 heteroatoms. The minimum atomic E-state index is 0.672. The molecule has 0 bridgehead atoms. The van der Waals surface area contributed by atoms with Crippen LogP contribution in [0.1, 0.15) is 31.2 Å². The van der Waals surface area contributed by atoms with Crippen molar-refractivity contribution in [1.29, 1.82) is 0 Å². The molecule has 0 radical (unpaired) electrons. The Morgan fingerprint density at radius 2 is 2.22 bits per heavy atom. The van der Waals surface area contributed by atoms with E-state index in [1.165, 1.54) is 18.7 Å². The van der Waals surface area contributed by atoms with Crippen molar-refractivity contribution < 1.29 is 0 Å². The number of nitrogens with zero attached hydrogens (tertiary/aromatic N) is 3. The Hall–Kier alpha value is -0.870. The molecular weight excluding hydrogens is 224 g/mol. The van der Waals surface area contributed by atoms with Crippen LogP contribution in [-0.2, 0) is 6.54 Å². The van der Waals surface area contributed by atoms with Crippen LogP contribution in [0.2, 0.25) is 0 Å². The fourth-order valence-electron chi connectivity index (χ4n) is 2.78. The fourth-order valence-corrected chi connectivity index (χ4v) is 2.78. The average molecular weight is 250 g/mol. The lowest BCUT2D eigenvalue weighted by atomic mass is 10.2. The molecule has 0 amide bonds. The van der Waals surface area contributed by atoms with Gasteiger partial charge in [-0.05, 0) is 53.3 Å². The van der Waals surface area contributed by atoms with Gasteiger partial charge in [-0.2, -0.15) is 5.10 Å². The number of nitrogens with one attached hydrogen (secondary N) is 1. The van der Waals surface area contributed by atoms with Crippen molar-refractivity contribution in [3.05, 3.63) is 17.5 Å². The second kappa shape index (κ2) is 5.85. The van der Waals surface area contributed by atoms with Gasteiger partial charge >= 0.3 is 0 Å². The van der Waals surface area contributed by atoms with Crippen LogP contribution in [0.15, 0.2) is 6.07 Å². The summed E-state index contributed by atoms with van der Waals surface area (Å²) in [6.07, 6.45) is 2.42. The molecule has 1 N–H and O–H groups in total. The second-order valence-electron chi connectivity index (χ2n) is 5.68. The van der Waals surface area contributed by atoms with E-state index in [2.05, 4.69) is 53.9 Å². The summed E-state index contributed by atoms with van der Waals surface area (Å²) in [7, 11) is 2.21. The molecule has 0 saturated carbocycles. The largest absolute Gasteiger partial charge is 0.313 e. The van der Waals surface area contributed by atoms with E-state index in [1.54, 1.807) is 0 Å². The maximum Gasteiger partial charge on any atom is 0.0596 e. The smallest absolute Gasteiger partial charge is 0.0596 e. The number of aryl methyl sites for hydroxylation is 3. The van der Waals surface area contributed by atoms with Gasteiger partial charge in [-0.3, -0.25) is 4.68 Å². The molecule has 1 aliphatic rings. The van der Waals surface area contributed by atoms with Crippen LogP contribution in [0.3, 0.4) is 0 Å². The summed E-state index contributed by atoms with van der Waals surface area (Å²) in [4.78, 5) is 2.43. The van der Waals surface area contributed by atoms with Crippen LogP contribution in [0.4, 0.5) is 0 Å². The van der Waals surface area contributed by atoms with Gasteiger partial charge in [-0.1, -0.05) is 0 Å². The van der Waals surface area contributed by atoms with Crippen molar-refractivity contribution in [3.63, 3.8) is 0 Å². The molecule has 2 atom stereocenters. The summed E-state index contributed by atoms with van der Waals surface area (Å²) in [6.45, 7) is 9.77. The molecule has 2 rings (SSSR count).